The Hall–Kier alpha value is -1.26. The van der Waals surface area contributed by atoms with Crippen LogP contribution in [0.3, 0.4) is 0 Å². The van der Waals surface area contributed by atoms with Crippen LogP contribution in [0.15, 0.2) is 34.4 Å². The predicted molar refractivity (Wildman–Crippen MR) is 65.4 cm³/mol. The number of halogens is 1. The second-order valence-corrected chi connectivity index (χ2v) is 4.64. The average Bonchev–Trinajstić information content (AvgIpc) is 2.59. The van der Waals surface area contributed by atoms with Crippen molar-refractivity contribution >= 4 is 22.9 Å². The normalized spacial score (nSPS) is 10.6. The number of hydrogen-bond donors (Lipinski definition) is 1. The van der Waals surface area contributed by atoms with Gasteiger partial charge in [-0.1, -0.05) is 35.1 Å². The number of aryl methyl sites for hydroxylation is 1. The van der Waals surface area contributed by atoms with Crippen molar-refractivity contribution in [2.45, 2.75) is 13.0 Å². The Bertz CT molecular complexity index is 530. The zero-order valence-electron chi connectivity index (χ0n) is 8.39. The molecule has 1 N–H and O–H groups in total. The van der Waals surface area contributed by atoms with E-state index in [1.165, 1.54) is 9.95 Å². The van der Waals surface area contributed by atoms with E-state index in [2.05, 4.69) is 0 Å². The fraction of sp³-hybridized carbons (Fsp3) is 0.182. The molecule has 1 aromatic heterocycles. The number of aromatic nitrogens is 1. The molecule has 2 rings (SSSR count). The van der Waals surface area contributed by atoms with Gasteiger partial charge in [-0.3, -0.25) is 9.36 Å². The van der Waals surface area contributed by atoms with E-state index < -0.39 is 0 Å². The number of aromatic hydroxyl groups is 1. The third-order valence-electron chi connectivity index (χ3n) is 2.30. The summed E-state index contributed by atoms with van der Waals surface area (Å²) in [6, 6.07) is 7.45. The van der Waals surface area contributed by atoms with Gasteiger partial charge < -0.3 is 5.11 Å². The molecule has 0 bridgehead atoms. The lowest BCUT2D eigenvalue weighted by Gasteiger charge is -2.03. The lowest BCUT2D eigenvalue weighted by molar-refractivity contribution is 0.413. The molecule has 0 amide bonds. The maximum atomic E-state index is 11.3. The molecule has 0 unspecified atom stereocenters. The zero-order chi connectivity index (χ0) is 11.5. The number of thiazole rings is 1. The minimum Gasteiger partial charge on any atom is -0.494 e. The van der Waals surface area contributed by atoms with Crippen molar-refractivity contribution in [3.05, 3.63) is 49.9 Å². The molecule has 3 nitrogen and oxygen atoms in total. The van der Waals surface area contributed by atoms with Gasteiger partial charge in [-0.15, -0.1) is 0 Å². The van der Waals surface area contributed by atoms with Crippen LogP contribution < -0.4 is 4.87 Å². The first-order valence-corrected chi connectivity index (χ1v) is 6.04. The quantitative estimate of drug-likeness (QED) is 0.916. The summed E-state index contributed by atoms with van der Waals surface area (Å²) in [4.78, 5) is 11.2. The van der Waals surface area contributed by atoms with Crippen LogP contribution in [0.2, 0.25) is 5.02 Å². The first kappa shape index (κ1) is 11.2. The molecule has 84 valence electrons. The van der Waals surface area contributed by atoms with Gasteiger partial charge in [-0.25, -0.2) is 0 Å². The molecule has 1 aromatic carbocycles. The summed E-state index contributed by atoms with van der Waals surface area (Å²) < 4.78 is 1.36. The molecule has 0 spiro atoms. The molecular formula is C11H10ClNO2S. The topological polar surface area (TPSA) is 42.2 Å². The Balaban J connectivity index is 2.08. The first-order valence-electron chi connectivity index (χ1n) is 4.78. The summed E-state index contributed by atoms with van der Waals surface area (Å²) in [7, 11) is 0. The minimum absolute atomic E-state index is 0.0314. The smallest absolute Gasteiger partial charge is 0.309 e. The molecule has 0 atom stereocenters. The lowest BCUT2D eigenvalue weighted by Crippen LogP contribution is -2.13. The number of rotatable bonds is 3. The lowest BCUT2D eigenvalue weighted by atomic mass is 10.1. The van der Waals surface area contributed by atoms with Gasteiger partial charge in [0, 0.05) is 11.6 Å². The number of hydrogen-bond acceptors (Lipinski definition) is 3. The van der Waals surface area contributed by atoms with Crippen LogP contribution in [0, 0.1) is 0 Å². The SMILES string of the molecule is O=c1scc(O)n1CCc1ccc(Cl)cc1. The van der Waals surface area contributed by atoms with Crippen molar-refractivity contribution in [2.75, 3.05) is 0 Å². The molecule has 0 saturated carbocycles. The van der Waals surface area contributed by atoms with E-state index >= 15 is 0 Å². The van der Waals surface area contributed by atoms with Crippen LogP contribution in [0.1, 0.15) is 5.56 Å². The van der Waals surface area contributed by atoms with Gasteiger partial charge in [-0.05, 0) is 24.1 Å². The van der Waals surface area contributed by atoms with Crippen molar-refractivity contribution in [1.29, 1.82) is 0 Å². The molecule has 16 heavy (non-hydrogen) atoms. The van der Waals surface area contributed by atoms with Crippen molar-refractivity contribution in [3.8, 4) is 5.88 Å². The highest BCUT2D eigenvalue weighted by molar-refractivity contribution is 7.07. The van der Waals surface area contributed by atoms with Gasteiger partial charge in [0.05, 0.1) is 5.38 Å². The molecule has 5 heteroatoms. The van der Waals surface area contributed by atoms with E-state index in [4.69, 9.17) is 11.6 Å². The molecule has 0 radical (unpaired) electrons. The van der Waals surface area contributed by atoms with Gasteiger partial charge in [0.1, 0.15) is 0 Å². The number of nitrogens with zero attached hydrogens (tertiary/aromatic N) is 1. The van der Waals surface area contributed by atoms with Crippen molar-refractivity contribution in [3.63, 3.8) is 0 Å². The second-order valence-electron chi connectivity index (χ2n) is 3.39. The molecule has 1 heterocycles. The van der Waals surface area contributed by atoms with Crippen LogP contribution in [0.4, 0.5) is 0 Å². The summed E-state index contributed by atoms with van der Waals surface area (Å²) in [5.41, 5.74) is 1.09. The van der Waals surface area contributed by atoms with Crippen LogP contribution >= 0.6 is 22.9 Å². The Morgan fingerprint density at radius 2 is 2.00 bits per heavy atom. The van der Waals surface area contributed by atoms with Gasteiger partial charge in [0.2, 0.25) is 5.88 Å². The van der Waals surface area contributed by atoms with E-state index in [1.54, 1.807) is 0 Å². The Morgan fingerprint density at radius 3 is 2.56 bits per heavy atom. The summed E-state index contributed by atoms with van der Waals surface area (Å²) in [6.45, 7) is 0.482. The highest BCUT2D eigenvalue weighted by atomic mass is 35.5. The highest BCUT2D eigenvalue weighted by Gasteiger charge is 2.04. The second kappa shape index (κ2) is 4.72. The summed E-state index contributed by atoms with van der Waals surface area (Å²) in [6.07, 6.45) is 0.696. The van der Waals surface area contributed by atoms with E-state index in [0.717, 1.165) is 16.9 Å². The Kier molecular flexibility index (Phi) is 3.31. The van der Waals surface area contributed by atoms with Crippen molar-refractivity contribution in [1.82, 2.24) is 4.57 Å². The molecule has 0 fully saturated rings. The predicted octanol–water partition coefficient (Wildman–Crippen LogP) is 2.51. The molecule has 2 aromatic rings. The maximum Gasteiger partial charge on any atom is 0.309 e. The fourth-order valence-electron chi connectivity index (χ4n) is 1.42. The summed E-state index contributed by atoms with van der Waals surface area (Å²) in [5.74, 6) is 0.0314. The average molecular weight is 256 g/mol. The van der Waals surface area contributed by atoms with Crippen LogP contribution in [-0.4, -0.2) is 9.67 Å². The fourth-order valence-corrected chi connectivity index (χ4v) is 2.19. The summed E-state index contributed by atoms with van der Waals surface area (Å²) in [5, 5.41) is 11.5. The van der Waals surface area contributed by atoms with Gasteiger partial charge >= 0.3 is 4.87 Å². The first-order chi connectivity index (χ1) is 7.66. The monoisotopic (exact) mass is 255 g/mol. The van der Waals surface area contributed by atoms with Gasteiger partial charge in [-0.2, -0.15) is 0 Å². The molecule has 0 aliphatic carbocycles. The Labute approximate surface area is 102 Å². The van der Waals surface area contributed by atoms with E-state index in [0.29, 0.717) is 18.0 Å². The van der Waals surface area contributed by atoms with Gasteiger partial charge in [0.25, 0.3) is 0 Å². The minimum atomic E-state index is -0.133. The molecular weight excluding hydrogens is 246 g/mol. The van der Waals surface area contributed by atoms with E-state index in [9.17, 15) is 9.90 Å². The third kappa shape index (κ3) is 2.46. The largest absolute Gasteiger partial charge is 0.494 e. The molecule has 0 aliphatic heterocycles. The number of benzene rings is 1. The van der Waals surface area contributed by atoms with Crippen LogP contribution in [-0.2, 0) is 13.0 Å². The zero-order valence-corrected chi connectivity index (χ0v) is 9.96. The van der Waals surface area contributed by atoms with Crippen molar-refractivity contribution < 1.29 is 5.11 Å². The maximum absolute atomic E-state index is 11.3. The third-order valence-corrected chi connectivity index (χ3v) is 3.30. The Morgan fingerprint density at radius 1 is 1.31 bits per heavy atom. The molecule has 0 saturated heterocycles. The highest BCUT2D eigenvalue weighted by Crippen LogP contribution is 2.13. The van der Waals surface area contributed by atoms with E-state index in [1.807, 2.05) is 24.3 Å². The summed E-state index contributed by atoms with van der Waals surface area (Å²) >= 11 is 6.77. The van der Waals surface area contributed by atoms with E-state index in [-0.39, 0.29) is 10.8 Å². The van der Waals surface area contributed by atoms with Crippen LogP contribution in [0.25, 0.3) is 0 Å². The van der Waals surface area contributed by atoms with Crippen molar-refractivity contribution in [2.24, 2.45) is 0 Å². The molecule has 0 aliphatic rings. The van der Waals surface area contributed by atoms with Crippen LogP contribution in [0.5, 0.6) is 5.88 Å². The van der Waals surface area contributed by atoms with Gasteiger partial charge in [0.15, 0.2) is 0 Å². The standard InChI is InChI=1S/C11H10ClNO2S/c12-9-3-1-8(2-4-9)5-6-13-10(14)7-16-11(13)15/h1-4,7,14H,5-6H2.